The summed E-state index contributed by atoms with van der Waals surface area (Å²) in [7, 11) is 2.02. The van der Waals surface area contributed by atoms with Crippen LogP contribution in [0.25, 0.3) is 11.4 Å². The minimum absolute atomic E-state index is 0.0213. The average Bonchev–Trinajstić information content (AvgIpc) is 3.32. The van der Waals surface area contributed by atoms with Gasteiger partial charge < -0.3 is 0 Å². The van der Waals surface area contributed by atoms with Crippen LogP contribution in [0.5, 0.6) is 0 Å². The Balaban J connectivity index is 1.58. The molecule has 38 heavy (non-hydrogen) atoms. The smallest absolute Gasteiger partial charge is 0.214 e. The fourth-order valence-electron chi connectivity index (χ4n) is 3.16. The van der Waals surface area contributed by atoms with Crippen LogP contribution < -0.4 is 0 Å². The van der Waals surface area contributed by atoms with E-state index in [1.807, 2.05) is 0 Å². The first-order valence-corrected chi connectivity index (χ1v) is 13.6. The molecule has 2 aromatic heterocycles. The van der Waals surface area contributed by atoms with Crippen LogP contribution >= 0.6 is 68.0 Å². The van der Waals surface area contributed by atoms with Gasteiger partial charge in [0.15, 0.2) is 0 Å². The monoisotopic (exact) mass is 652 g/mol. The SMILES string of the molecule is Cc1nc(SSc2nc(C)n(-c3c(Cl)cc(C(F)(F)F)cc3Cl)n2)nn1-c1c(Cl)cc(C(F)(F)F)cc1Cl. The highest BCUT2D eigenvalue weighted by atomic mass is 35.5. The van der Waals surface area contributed by atoms with Crippen LogP contribution in [-0.2, 0) is 12.4 Å². The summed E-state index contributed by atoms with van der Waals surface area (Å²) in [5, 5.41) is 7.75. The van der Waals surface area contributed by atoms with Crippen molar-refractivity contribution in [3.63, 3.8) is 0 Å². The van der Waals surface area contributed by atoms with E-state index in [-0.39, 0.29) is 53.4 Å². The van der Waals surface area contributed by atoms with Crippen LogP contribution in [0.4, 0.5) is 26.3 Å². The van der Waals surface area contributed by atoms with Crippen molar-refractivity contribution in [3.8, 4) is 11.4 Å². The fourth-order valence-corrected chi connectivity index (χ4v) is 6.05. The van der Waals surface area contributed by atoms with Gasteiger partial charge in [0.2, 0.25) is 10.3 Å². The third kappa shape index (κ3) is 5.99. The lowest BCUT2D eigenvalue weighted by atomic mass is 10.2. The zero-order chi connectivity index (χ0) is 28.2. The Bertz CT molecular complexity index is 1380. The molecular formula is C20H10Cl4F6N6S2. The van der Waals surface area contributed by atoms with Crippen LogP contribution in [0.1, 0.15) is 22.8 Å². The molecule has 0 bridgehead atoms. The van der Waals surface area contributed by atoms with Gasteiger partial charge in [-0.3, -0.25) is 0 Å². The van der Waals surface area contributed by atoms with E-state index in [2.05, 4.69) is 20.2 Å². The number of aromatic nitrogens is 6. The zero-order valence-corrected chi connectivity index (χ0v) is 23.2. The van der Waals surface area contributed by atoms with Crippen molar-refractivity contribution in [1.82, 2.24) is 29.5 Å². The van der Waals surface area contributed by atoms with E-state index in [4.69, 9.17) is 46.4 Å². The molecule has 202 valence electrons. The Hall–Kier alpha value is -1.84. The molecule has 2 aromatic carbocycles. The maximum absolute atomic E-state index is 13.0. The van der Waals surface area contributed by atoms with Gasteiger partial charge in [0.05, 0.1) is 31.2 Å². The van der Waals surface area contributed by atoms with Crippen LogP contribution in [-0.4, -0.2) is 29.5 Å². The van der Waals surface area contributed by atoms with Gasteiger partial charge in [-0.25, -0.2) is 19.3 Å². The molecule has 2 heterocycles. The van der Waals surface area contributed by atoms with Gasteiger partial charge in [-0.05, 0) is 59.7 Å². The predicted octanol–water partition coefficient (Wildman–Crippen LogP) is 8.92. The lowest BCUT2D eigenvalue weighted by Crippen LogP contribution is -2.08. The Kier molecular flexibility index (Phi) is 8.15. The van der Waals surface area contributed by atoms with E-state index in [9.17, 15) is 26.3 Å². The topological polar surface area (TPSA) is 61.4 Å². The summed E-state index contributed by atoms with van der Waals surface area (Å²) in [4.78, 5) is 8.49. The normalized spacial score (nSPS) is 12.4. The summed E-state index contributed by atoms with van der Waals surface area (Å²) in [6, 6.07) is 2.95. The molecule has 4 rings (SSSR count). The second-order valence-electron chi connectivity index (χ2n) is 7.45. The first-order chi connectivity index (χ1) is 17.6. The Morgan fingerprint density at radius 3 is 1.16 bits per heavy atom. The summed E-state index contributed by atoms with van der Waals surface area (Å²) in [6.07, 6.45) is -9.27. The maximum Gasteiger partial charge on any atom is 0.416 e. The van der Waals surface area contributed by atoms with Crippen LogP contribution in [0, 0.1) is 13.8 Å². The summed E-state index contributed by atoms with van der Waals surface area (Å²) in [5.41, 5.74) is -1.98. The first-order valence-electron chi connectivity index (χ1n) is 9.91. The molecule has 0 aliphatic carbocycles. The van der Waals surface area contributed by atoms with E-state index in [0.29, 0.717) is 0 Å². The largest absolute Gasteiger partial charge is 0.416 e. The molecule has 0 unspecified atom stereocenters. The predicted molar refractivity (Wildman–Crippen MR) is 134 cm³/mol. The highest BCUT2D eigenvalue weighted by Crippen LogP contribution is 2.41. The van der Waals surface area contributed by atoms with Crippen molar-refractivity contribution in [2.24, 2.45) is 0 Å². The van der Waals surface area contributed by atoms with Crippen molar-refractivity contribution in [3.05, 3.63) is 67.1 Å². The number of benzene rings is 2. The van der Waals surface area contributed by atoms with E-state index in [0.717, 1.165) is 45.9 Å². The molecule has 18 heteroatoms. The highest BCUT2D eigenvalue weighted by Gasteiger charge is 2.33. The Labute approximate surface area is 238 Å². The Morgan fingerprint density at radius 1 is 0.605 bits per heavy atom. The molecule has 0 fully saturated rings. The van der Waals surface area contributed by atoms with Gasteiger partial charge in [0, 0.05) is 0 Å². The van der Waals surface area contributed by atoms with E-state index in [1.165, 1.54) is 9.36 Å². The molecule has 0 aliphatic heterocycles. The van der Waals surface area contributed by atoms with Gasteiger partial charge >= 0.3 is 12.4 Å². The number of nitrogens with zero attached hydrogens (tertiary/aromatic N) is 6. The van der Waals surface area contributed by atoms with E-state index < -0.39 is 23.5 Å². The molecule has 0 saturated heterocycles. The fraction of sp³-hybridized carbons (Fsp3) is 0.200. The van der Waals surface area contributed by atoms with Crippen LogP contribution in [0.15, 0.2) is 34.6 Å². The van der Waals surface area contributed by atoms with Crippen molar-refractivity contribution >= 4 is 68.0 Å². The average molecular weight is 654 g/mol. The minimum atomic E-state index is -4.63. The summed E-state index contributed by atoms with van der Waals surface area (Å²) >= 11 is 24.3. The molecule has 0 aliphatic rings. The highest BCUT2D eigenvalue weighted by molar-refractivity contribution is 8.76. The van der Waals surface area contributed by atoms with Crippen LogP contribution in [0.3, 0.4) is 0 Å². The number of halogens is 10. The summed E-state index contributed by atoms with van der Waals surface area (Å²) in [6.45, 7) is 3.11. The second-order valence-corrected chi connectivity index (χ2v) is 11.1. The third-order valence-corrected chi connectivity index (χ3v) is 7.83. The molecule has 6 nitrogen and oxygen atoms in total. The molecule has 0 amide bonds. The van der Waals surface area contributed by atoms with Crippen molar-refractivity contribution in [2.45, 2.75) is 36.5 Å². The van der Waals surface area contributed by atoms with Crippen LogP contribution in [0.2, 0.25) is 20.1 Å². The third-order valence-electron chi connectivity index (χ3n) is 4.80. The minimum Gasteiger partial charge on any atom is -0.214 e. The molecule has 0 saturated carbocycles. The van der Waals surface area contributed by atoms with E-state index >= 15 is 0 Å². The van der Waals surface area contributed by atoms with Gasteiger partial charge in [0.25, 0.3) is 0 Å². The zero-order valence-electron chi connectivity index (χ0n) is 18.6. The van der Waals surface area contributed by atoms with Crippen molar-refractivity contribution < 1.29 is 26.3 Å². The van der Waals surface area contributed by atoms with Gasteiger partial charge in [-0.2, -0.15) is 26.3 Å². The maximum atomic E-state index is 13.0. The molecule has 4 aromatic rings. The number of hydrogen-bond acceptors (Lipinski definition) is 6. The molecule has 0 N–H and O–H groups in total. The second kappa shape index (κ2) is 10.6. The lowest BCUT2D eigenvalue weighted by Gasteiger charge is -2.12. The van der Waals surface area contributed by atoms with E-state index in [1.54, 1.807) is 13.8 Å². The molecule has 0 radical (unpaired) electrons. The van der Waals surface area contributed by atoms with Gasteiger partial charge in [-0.1, -0.05) is 46.4 Å². The van der Waals surface area contributed by atoms with Gasteiger partial charge in [0.1, 0.15) is 23.0 Å². The number of aryl methyl sites for hydroxylation is 2. The quantitative estimate of drug-likeness (QED) is 0.158. The summed E-state index contributed by atoms with van der Waals surface area (Å²) < 4.78 is 80.7. The molecule has 0 spiro atoms. The van der Waals surface area contributed by atoms with Gasteiger partial charge in [-0.15, -0.1) is 10.2 Å². The number of alkyl halides is 6. The Morgan fingerprint density at radius 2 is 0.895 bits per heavy atom. The van der Waals surface area contributed by atoms with Crippen molar-refractivity contribution in [2.75, 3.05) is 0 Å². The summed E-state index contributed by atoms with van der Waals surface area (Å²) in [5.74, 6) is 0.573. The number of rotatable bonds is 5. The molecular weight excluding hydrogens is 644 g/mol. The standard InChI is InChI=1S/C20H10Cl4F6N6S2/c1-7-31-17(33-35(7)15-11(21)3-9(4-12(15)22)19(25,26)27)37-38-18-32-8(2)36(34-18)16-13(23)5-10(6-14(16)24)20(28,29)30/h3-6H,1-2H3. The number of hydrogen-bond donors (Lipinski definition) is 0. The van der Waals surface area contributed by atoms with Crippen molar-refractivity contribution in [1.29, 1.82) is 0 Å². The lowest BCUT2D eigenvalue weighted by molar-refractivity contribution is -0.138. The first kappa shape index (κ1) is 29.2. The molecule has 0 atom stereocenters.